The third kappa shape index (κ3) is 2.41. The van der Waals surface area contributed by atoms with Crippen LogP contribution in [0.2, 0.25) is 0 Å². The summed E-state index contributed by atoms with van der Waals surface area (Å²) in [6.45, 7) is 0.348. The smallest absolute Gasteiger partial charge is 0.325 e. The summed E-state index contributed by atoms with van der Waals surface area (Å²) in [4.78, 5) is 23.9. The van der Waals surface area contributed by atoms with Gasteiger partial charge in [0.25, 0.3) is 0 Å². The van der Waals surface area contributed by atoms with Gasteiger partial charge >= 0.3 is 11.9 Å². The molecular formula is C15H18O5. The fraction of sp³-hybridized carbons (Fsp3) is 0.467. The Morgan fingerprint density at radius 3 is 2.20 bits per heavy atom. The van der Waals surface area contributed by atoms with Gasteiger partial charge in [0, 0.05) is 0 Å². The first-order valence-corrected chi connectivity index (χ1v) is 6.47. The molecule has 1 unspecified atom stereocenters. The number of carbonyl (C=O) groups excluding carboxylic acids is 2. The van der Waals surface area contributed by atoms with Gasteiger partial charge in [0.15, 0.2) is 5.41 Å². The number of carbonyl (C=O) groups is 2. The molecule has 0 aliphatic heterocycles. The molecule has 1 aliphatic rings. The van der Waals surface area contributed by atoms with E-state index in [9.17, 15) is 9.59 Å². The van der Waals surface area contributed by atoms with E-state index >= 15 is 0 Å². The van der Waals surface area contributed by atoms with E-state index in [-0.39, 0.29) is 0 Å². The van der Waals surface area contributed by atoms with Gasteiger partial charge < -0.3 is 14.2 Å². The molecule has 0 aromatic heterocycles. The van der Waals surface area contributed by atoms with Crippen LogP contribution in [-0.2, 0) is 30.4 Å². The lowest BCUT2D eigenvalue weighted by Gasteiger charge is -2.43. The van der Waals surface area contributed by atoms with Crippen molar-refractivity contribution in [2.75, 3.05) is 14.2 Å². The summed E-state index contributed by atoms with van der Waals surface area (Å²) in [5.41, 5.74) is -0.318. The molecule has 0 heterocycles. The molecule has 0 amide bonds. The van der Waals surface area contributed by atoms with Gasteiger partial charge in [-0.05, 0) is 18.4 Å². The van der Waals surface area contributed by atoms with Crippen LogP contribution in [0.25, 0.3) is 0 Å². The average Bonchev–Trinajstić information content (AvgIpc) is 2.47. The number of ether oxygens (including phenoxy) is 3. The van der Waals surface area contributed by atoms with Gasteiger partial charge in [0.1, 0.15) is 0 Å². The highest BCUT2D eigenvalue weighted by Gasteiger charge is 2.61. The van der Waals surface area contributed by atoms with Crippen molar-refractivity contribution in [3.05, 3.63) is 35.9 Å². The maximum absolute atomic E-state index is 11.9. The molecule has 1 fully saturated rings. The molecule has 0 radical (unpaired) electrons. The third-order valence-corrected chi connectivity index (χ3v) is 3.74. The summed E-state index contributed by atoms with van der Waals surface area (Å²) >= 11 is 0. The number of benzene rings is 1. The van der Waals surface area contributed by atoms with Crippen molar-refractivity contribution in [1.82, 2.24) is 0 Å². The van der Waals surface area contributed by atoms with Crippen molar-refractivity contribution in [3.63, 3.8) is 0 Å². The molecule has 0 N–H and O–H groups in total. The largest absolute Gasteiger partial charge is 0.468 e. The van der Waals surface area contributed by atoms with Gasteiger partial charge in [-0.2, -0.15) is 0 Å². The Morgan fingerprint density at radius 2 is 1.75 bits per heavy atom. The minimum Gasteiger partial charge on any atom is -0.468 e. The predicted molar refractivity (Wildman–Crippen MR) is 70.7 cm³/mol. The van der Waals surface area contributed by atoms with Crippen molar-refractivity contribution < 1.29 is 23.8 Å². The molecule has 2 rings (SSSR count). The highest BCUT2D eigenvalue weighted by atomic mass is 16.6. The van der Waals surface area contributed by atoms with Gasteiger partial charge in [-0.25, -0.2) is 0 Å². The molecule has 1 aromatic rings. The fourth-order valence-corrected chi connectivity index (χ4v) is 2.46. The zero-order valence-corrected chi connectivity index (χ0v) is 11.6. The Bertz CT molecular complexity index is 466. The molecule has 5 nitrogen and oxygen atoms in total. The zero-order chi connectivity index (χ0) is 14.6. The van der Waals surface area contributed by atoms with Crippen molar-refractivity contribution >= 4 is 11.9 Å². The summed E-state index contributed by atoms with van der Waals surface area (Å²) in [6, 6.07) is 9.59. The van der Waals surface area contributed by atoms with Crippen LogP contribution in [-0.4, -0.2) is 32.3 Å². The van der Waals surface area contributed by atoms with E-state index in [2.05, 4.69) is 0 Å². The van der Waals surface area contributed by atoms with E-state index in [1.54, 1.807) is 0 Å². The van der Waals surface area contributed by atoms with E-state index in [0.29, 0.717) is 19.4 Å². The van der Waals surface area contributed by atoms with Crippen LogP contribution in [0.1, 0.15) is 18.4 Å². The molecular weight excluding hydrogens is 260 g/mol. The lowest BCUT2D eigenvalue weighted by atomic mass is 9.66. The van der Waals surface area contributed by atoms with E-state index in [4.69, 9.17) is 14.2 Å². The Labute approximate surface area is 117 Å². The molecule has 5 heteroatoms. The highest BCUT2D eigenvalue weighted by Crippen LogP contribution is 2.45. The Balaban J connectivity index is 2.07. The quantitative estimate of drug-likeness (QED) is 0.606. The number of hydrogen-bond acceptors (Lipinski definition) is 5. The second kappa shape index (κ2) is 6.05. The molecule has 0 spiro atoms. The second-order valence-corrected chi connectivity index (χ2v) is 4.78. The van der Waals surface area contributed by atoms with Crippen LogP contribution in [0.15, 0.2) is 30.3 Å². The number of methoxy groups -OCH3 is 2. The molecule has 20 heavy (non-hydrogen) atoms. The number of rotatable bonds is 5. The highest BCUT2D eigenvalue weighted by molar-refractivity contribution is 6.02. The summed E-state index contributed by atoms with van der Waals surface area (Å²) in [5.74, 6) is -1.18. The van der Waals surface area contributed by atoms with Crippen LogP contribution in [0.5, 0.6) is 0 Å². The number of hydrogen-bond donors (Lipinski definition) is 0. The topological polar surface area (TPSA) is 61.8 Å². The standard InChI is InChI=1S/C15H18O5/c1-18-13(16)15(14(17)19-2)9-8-12(15)20-10-11-6-4-3-5-7-11/h3-7,12H,8-10H2,1-2H3. The third-order valence-electron chi connectivity index (χ3n) is 3.74. The van der Waals surface area contributed by atoms with E-state index in [1.165, 1.54) is 14.2 Å². The molecule has 1 aliphatic carbocycles. The SMILES string of the molecule is COC(=O)C1(C(=O)OC)CCC1OCc1ccccc1. The summed E-state index contributed by atoms with van der Waals surface area (Å²) in [6.07, 6.45) is 0.533. The van der Waals surface area contributed by atoms with Crippen molar-refractivity contribution in [1.29, 1.82) is 0 Å². The molecule has 1 aromatic carbocycles. The number of esters is 2. The second-order valence-electron chi connectivity index (χ2n) is 4.78. The van der Waals surface area contributed by atoms with Crippen LogP contribution in [0.3, 0.4) is 0 Å². The van der Waals surface area contributed by atoms with Crippen molar-refractivity contribution in [2.24, 2.45) is 5.41 Å². The Morgan fingerprint density at radius 1 is 1.15 bits per heavy atom. The first kappa shape index (κ1) is 14.5. The molecule has 0 saturated heterocycles. The lowest BCUT2D eigenvalue weighted by Crippen LogP contribution is -2.58. The van der Waals surface area contributed by atoms with Gasteiger partial charge in [-0.15, -0.1) is 0 Å². The van der Waals surface area contributed by atoms with Crippen LogP contribution in [0, 0.1) is 5.41 Å². The summed E-state index contributed by atoms with van der Waals surface area (Å²) < 4.78 is 15.2. The monoisotopic (exact) mass is 278 g/mol. The summed E-state index contributed by atoms with van der Waals surface area (Å²) in [7, 11) is 2.53. The van der Waals surface area contributed by atoms with E-state index in [1.807, 2.05) is 30.3 Å². The first-order valence-electron chi connectivity index (χ1n) is 6.47. The average molecular weight is 278 g/mol. The minimum absolute atomic E-state index is 0.348. The van der Waals surface area contributed by atoms with Crippen LogP contribution in [0.4, 0.5) is 0 Å². The fourth-order valence-electron chi connectivity index (χ4n) is 2.46. The maximum Gasteiger partial charge on any atom is 0.325 e. The summed E-state index contributed by atoms with van der Waals surface area (Å²) in [5, 5.41) is 0. The molecule has 108 valence electrons. The normalized spacial score (nSPS) is 19.8. The van der Waals surface area contributed by atoms with Gasteiger partial charge in [-0.1, -0.05) is 30.3 Å². The lowest BCUT2D eigenvalue weighted by molar-refractivity contribution is -0.199. The van der Waals surface area contributed by atoms with E-state index < -0.39 is 23.5 Å². The van der Waals surface area contributed by atoms with Gasteiger partial charge in [0.05, 0.1) is 26.9 Å². The molecule has 1 saturated carbocycles. The van der Waals surface area contributed by atoms with E-state index in [0.717, 1.165) is 5.56 Å². The zero-order valence-electron chi connectivity index (χ0n) is 11.6. The first-order chi connectivity index (χ1) is 9.65. The van der Waals surface area contributed by atoms with Crippen molar-refractivity contribution in [3.8, 4) is 0 Å². The maximum atomic E-state index is 11.9. The Hall–Kier alpha value is -1.88. The van der Waals surface area contributed by atoms with Gasteiger partial charge in [-0.3, -0.25) is 9.59 Å². The molecule has 1 atom stereocenters. The van der Waals surface area contributed by atoms with Gasteiger partial charge in [0.2, 0.25) is 0 Å². The van der Waals surface area contributed by atoms with Crippen molar-refractivity contribution in [2.45, 2.75) is 25.6 Å². The predicted octanol–water partition coefficient (Wildman–Crippen LogP) is 1.70. The Kier molecular flexibility index (Phi) is 4.39. The minimum atomic E-state index is -1.31. The van der Waals surface area contributed by atoms with Crippen LogP contribution < -0.4 is 0 Å². The molecule has 0 bridgehead atoms. The van der Waals surface area contributed by atoms with Crippen LogP contribution >= 0.6 is 0 Å².